The van der Waals surface area contributed by atoms with Crippen molar-refractivity contribution in [2.24, 2.45) is 0 Å². The number of nitrogens with one attached hydrogen (secondary N) is 1. The highest BCUT2D eigenvalue weighted by molar-refractivity contribution is 5.21. The highest BCUT2D eigenvalue weighted by Gasteiger charge is 2.39. The third kappa shape index (κ3) is 2.54. The van der Waals surface area contributed by atoms with E-state index in [1.165, 1.54) is 0 Å². The Morgan fingerprint density at radius 2 is 2.20 bits per heavy atom. The number of ether oxygens (including phenoxy) is 1. The third-order valence-corrected chi connectivity index (χ3v) is 3.95. The molecule has 1 N–H and O–H groups in total. The number of hydrogen-bond donors (Lipinski definition) is 1. The predicted octanol–water partition coefficient (Wildman–Crippen LogP) is 2.29. The summed E-state index contributed by atoms with van der Waals surface area (Å²) >= 11 is 0. The van der Waals surface area contributed by atoms with Crippen LogP contribution in [0.25, 0.3) is 0 Å². The van der Waals surface area contributed by atoms with Gasteiger partial charge in [0.05, 0.1) is 5.41 Å². The van der Waals surface area contributed by atoms with E-state index in [-0.39, 0.29) is 5.41 Å². The van der Waals surface area contributed by atoms with Crippen LogP contribution in [0.4, 0.5) is 0 Å². The molecule has 1 unspecified atom stereocenters. The smallest absolute Gasteiger partial charge is 0.234 e. The lowest BCUT2D eigenvalue weighted by Crippen LogP contribution is -2.28. The average molecular weight is 273 g/mol. The molecule has 0 radical (unpaired) electrons. The van der Waals surface area contributed by atoms with E-state index < -0.39 is 0 Å². The Morgan fingerprint density at radius 3 is 2.90 bits per heavy atom. The lowest BCUT2D eigenvalue weighted by molar-refractivity contribution is 0.269. The molecule has 0 aliphatic carbocycles. The van der Waals surface area contributed by atoms with Crippen LogP contribution >= 0.6 is 0 Å². The first kappa shape index (κ1) is 13.1. The summed E-state index contributed by atoms with van der Waals surface area (Å²) in [5.74, 6) is 2.15. The number of rotatable bonds is 5. The van der Waals surface area contributed by atoms with E-state index in [0.29, 0.717) is 12.4 Å². The zero-order valence-electron chi connectivity index (χ0n) is 11.6. The van der Waals surface area contributed by atoms with E-state index in [1.54, 1.807) is 0 Å². The lowest BCUT2D eigenvalue weighted by atomic mass is 9.84. The van der Waals surface area contributed by atoms with Crippen molar-refractivity contribution >= 4 is 0 Å². The SMILES string of the molecule is CCC1(c2nc(COc3ccccc3)no2)CCNC1. The minimum atomic E-state index is -0.00199. The predicted molar refractivity (Wildman–Crippen MR) is 74.5 cm³/mol. The zero-order valence-corrected chi connectivity index (χ0v) is 11.6. The fraction of sp³-hybridized carbons (Fsp3) is 0.467. The molecule has 20 heavy (non-hydrogen) atoms. The lowest BCUT2D eigenvalue weighted by Gasteiger charge is -2.20. The average Bonchev–Trinajstić information content (AvgIpc) is 3.16. The van der Waals surface area contributed by atoms with Gasteiger partial charge in [-0.1, -0.05) is 30.3 Å². The fourth-order valence-corrected chi connectivity index (χ4v) is 2.57. The maximum absolute atomic E-state index is 5.63. The van der Waals surface area contributed by atoms with E-state index >= 15 is 0 Å². The van der Waals surface area contributed by atoms with Gasteiger partial charge in [0.1, 0.15) is 5.75 Å². The molecule has 1 aliphatic heterocycles. The van der Waals surface area contributed by atoms with Gasteiger partial charge < -0.3 is 14.6 Å². The first-order valence-electron chi connectivity index (χ1n) is 7.04. The molecule has 106 valence electrons. The van der Waals surface area contributed by atoms with E-state index in [2.05, 4.69) is 22.4 Å². The molecule has 2 heterocycles. The van der Waals surface area contributed by atoms with Gasteiger partial charge in [-0.25, -0.2) is 0 Å². The van der Waals surface area contributed by atoms with Crippen LogP contribution in [0.3, 0.4) is 0 Å². The van der Waals surface area contributed by atoms with Crippen molar-refractivity contribution in [2.45, 2.75) is 31.8 Å². The normalized spacial score (nSPS) is 22.1. The van der Waals surface area contributed by atoms with Crippen molar-refractivity contribution in [1.29, 1.82) is 0 Å². The molecule has 0 saturated carbocycles. The molecule has 2 aromatic rings. The summed E-state index contributed by atoms with van der Waals surface area (Å²) < 4.78 is 11.1. The van der Waals surface area contributed by atoms with E-state index in [1.807, 2.05) is 30.3 Å². The van der Waals surface area contributed by atoms with Gasteiger partial charge >= 0.3 is 0 Å². The summed E-state index contributed by atoms with van der Waals surface area (Å²) in [7, 11) is 0. The second-order valence-electron chi connectivity index (χ2n) is 5.18. The van der Waals surface area contributed by atoms with E-state index in [4.69, 9.17) is 9.26 Å². The van der Waals surface area contributed by atoms with Gasteiger partial charge in [-0.15, -0.1) is 0 Å². The Labute approximate surface area is 118 Å². The minimum absolute atomic E-state index is 0.00199. The Balaban J connectivity index is 1.68. The molecule has 5 heteroatoms. The standard InChI is InChI=1S/C15H19N3O2/c1-2-15(8-9-16-11-15)14-17-13(18-20-14)10-19-12-6-4-3-5-7-12/h3-7,16H,2,8-11H2,1H3. The van der Waals surface area contributed by atoms with Crippen molar-refractivity contribution in [3.05, 3.63) is 42.0 Å². The Hall–Kier alpha value is -1.88. The molecule has 1 saturated heterocycles. The van der Waals surface area contributed by atoms with Crippen molar-refractivity contribution in [3.8, 4) is 5.75 Å². The summed E-state index contributed by atoms with van der Waals surface area (Å²) in [5.41, 5.74) is -0.00199. The van der Waals surface area contributed by atoms with Crippen molar-refractivity contribution < 1.29 is 9.26 Å². The molecule has 5 nitrogen and oxygen atoms in total. The molecule has 1 atom stereocenters. The van der Waals surface area contributed by atoms with Gasteiger partial charge in [0.15, 0.2) is 6.61 Å². The summed E-state index contributed by atoms with van der Waals surface area (Å²) in [6.07, 6.45) is 2.05. The Morgan fingerprint density at radius 1 is 1.35 bits per heavy atom. The topological polar surface area (TPSA) is 60.2 Å². The largest absolute Gasteiger partial charge is 0.485 e. The molecular formula is C15H19N3O2. The zero-order chi connectivity index (χ0) is 13.8. The minimum Gasteiger partial charge on any atom is -0.485 e. The molecule has 1 aromatic carbocycles. The quantitative estimate of drug-likeness (QED) is 0.905. The van der Waals surface area contributed by atoms with E-state index in [0.717, 1.165) is 37.6 Å². The van der Waals surface area contributed by atoms with Crippen LogP contribution in [0.15, 0.2) is 34.9 Å². The van der Waals surface area contributed by atoms with E-state index in [9.17, 15) is 0 Å². The van der Waals surface area contributed by atoms with Crippen LogP contribution < -0.4 is 10.1 Å². The van der Waals surface area contributed by atoms with Gasteiger partial charge in [0, 0.05) is 6.54 Å². The van der Waals surface area contributed by atoms with Crippen LogP contribution in [0, 0.1) is 0 Å². The van der Waals surface area contributed by atoms with Gasteiger partial charge in [0.2, 0.25) is 11.7 Å². The van der Waals surface area contributed by atoms with Crippen LogP contribution in [0.2, 0.25) is 0 Å². The number of hydrogen-bond acceptors (Lipinski definition) is 5. The van der Waals surface area contributed by atoms with Gasteiger partial charge in [-0.3, -0.25) is 0 Å². The monoisotopic (exact) mass is 273 g/mol. The molecule has 0 bridgehead atoms. The van der Waals surface area contributed by atoms with Crippen LogP contribution in [-0.2, 0) is 12.0 Å². The van der Waals surface area contributed by atoms with Crippen molar-refractivity contribution in [2.75, 3.05) is 13.1 Å². The summed E-state index contributed by atoms with van der Waals surface area (Å²) in [6.45, 7) is 4.41. The second-order valence-corrected chi connectivity index (χ2v) is 5.18. The summed E-state index contributed by atoms with van der Waals surface area (Å²) in [6, 6.07) is 9.66. The third-order valence-electron chi connectivity index (χ3n) is 3.95. The van der Waals surface area contributed by atoms with Crippen LogP contribution in [0.5, 0.6) is 5.75 Å². The molecule has 1 aliphatic rings. The number of benzene rings is 1. The molecule has 1 fully saturated rings. The highest BCUT2D eigenvalue weighted by atomic mass is 16.5. The maximum atomic E-state index is 5.63. The molecule has 0 amide bonds. The molecule has 3 rings (SSSR count). The fourth-order valence-electron chi connectivity index (χ4n) is 2.57. The van der Waals surface area contributed by atoms with Crippen molar-refractivity contribution in [3.63, 3.8) is 0 Å². The summed E-state index contributed by atoms with van der Waals surface area (Å²) in [5, 5.41) is 7.40. The number of nitrogens with zero attached hydrogens (tertiary/aromatic N) is 2. The number of aromatic nitrogens is 2. The first-order chi connectivity index (χ1) is 9.82. The van der Waals surface area contributed by atoms with Gasteiger partial charge in [-0.05, 0) is 31.5 Å². The number of para-hydroxylation sites is 1. The van der Waals surface area contributed by atoms with Crippen LogP contribution in [-0.4, -0.2) is 23.2 Å². The Kier molecular flexibility index (Phi) is 3.69. The van der Waals surface area contributed by atoms with Gasteiger partial charge in [-0.2, -0.15) is 4.98 Å². The second kappa shape index (κ2) is 5.63. The van der Waals surface area contributed by atoms with Crippen molar-refractivity contribution in [1.82, 2.24) is 15.5 Å². The first-order valence-corrected chi connectivity index (χ1v) is 7.04. The Bertz CT molecular complexity index is 547. The summed E-state index contributed by atoms with van der Waals surface area (Å²) in [4.78, 5) is 4.51. The highest BCUT2D eigenvalue weighted by Crippen LogP contribution is 2.32. The van der Waals surface area contributed by atoms with Crippen LogP contribution in [0.1, 0.15) is 31.5 Å². The molecule has 0 spiro atoms. The molecular weight excluding hydrogens is 254 g/mol. The van der Waals surface area contributed by atoms with Gasteiger partial charge in [0.25, 0.3) is 0 Å². The molecule has 1 aromatic heterocycles. The maximum Gasteiger partial charge on any atom is 0.234 e.